The third-order valence-electron chi connectivity index (χ3n) is 6.85. The fourth-order valence-corrected chi connectivity index (χ4v) is 4.59. The van der Waals surface area contributed by atoms with E-state index in [1.54, 1.807) is 20.3 Å². The van der Waals surface area contributed by atoms with Crippen molar-refractivity contribution < 1.29 is 23.8 Å². The first-order valence-electron chi connectivity index (χ1n) is 13.6. The van der Waals surface area contributed by atoms with Crippen molar-refractivity contribution in [3.05, 3.63) is 90.3 Å². The van der Waals surface area contributed by atoms with E-state index >= 15 is 0 Å². The molecule has 1 aliphatic carbocycles. The van der Waals surface area contributed by atoms with Gasteiger partial charge in [-0.15, -0.1) is 0 Å². The molecular weight excluding hydrogens is 532 g/mol. The van der Waals surface area contributed by atoms with Crippen LogP contribution in [0.4, 0.5) is 22.9 Å². The molecule has 3 aromatic carbocycles. The second-order valence-electron chi connectivity index (χ2n) is 10.0. The van der Waals surface area contributed by atoms with Crippen LogP contribution < -0.4 is 20.1 Å². The zero-order chi connectivity index (χ0) is 29.6. The van der Waals surface area contributed by atoms with Gasteiger partial charge in [-0.2, -0.15) is 0 Å². The smallest absolute Gasteiger partial charge is 0.186 e. The number of carbonyl (C=O) groups is 2. The molecule has 214 valence electrons. The quantitative estimate of drug-likeness (QED) is 0.159. The second kappa shape index (κ2) is 12.7. The molecule has 9 nitrogen and oxygen atoms in total. The maximum Gasteiger partial charge on any atom is 0.186 e. The van der Waals surface area contributed by atoms with E-state index in [9.17, 15) is 9.59 Å². The van der Waals surface area contributed by atoms with Crippen LogP contribution in [-0.4, -0.2) is 49.0 Å². The Hall–Kier alpha value is -5.02. The van der Waals surface area contributed by atoms with Crippen molar-refractivity contribution in [2.45, 2.75) is 19.8 Å². The summed E-state index contributed by atoms with van der Waals surface area (Å²) in [5.74, 6) is 1.54. The summed E-state index contributed by atoms with van der Waals surface area (Å²) in [4.78, 5) is 34.0. The molecule has 1 heterocycles. The van der Waals surface area contributed by atoms with E-state index in [-0.39, 0.29) is 11.6 Å². The van der Waals surface area contributed by atoms with Crippen LogP contribution >= 0.6 is 0 Å². The summed E-state index contributed by atoms with van der Waals surface area (Å²) < 4.78 is 16.4. The number of benzene rings is 3. The third-order valence-corrected chi connectivity index (χ3v) is 6.85. The predicted molar refractivity (Wildman–Crippen MR) is 164 cm³/mol. The van der Waals surface area contributed by atoms with Gasteiger partial charge >= 0.3 is 0 Å². The number of aromatic nitrogens is 2. The van der Waals surface area contributed by atoms with Crippen molar-refractivity contribution in [2.75, 3.05) is 38.1 Å². The molecule has 0 amide bonds. The number of hydrogen-bond donors (Lipinski definition) is 2. The fraction of sp³-hybridized carbons (Fsp3) is 0.212. The van der Waals surface area contributed by atoms with Crippen LogP contribution in [0.3, 0.4) is 0 Å². The molecule has 0 saturated heterocycles. The van der Waals surface area contributed by atoms with E-state index < -0.39 is 0 Å². The van der Waals surface area contributed by atoms with Gasteiger partial charge in [0.15, 0.2) is 23.1 Å². The molecule has 1 aliphatic rings. The van der Waals surface area contributed by atoms with Crippen molar-refractivity contribution in [3.8, 4) is 11.5 Å². The molecule has 0 unspecified atom stereocenters. The predicted octanol–water partition coefficient (Wildman–Crippen LogP) is 6.37. The molecule has 42 heavy (non-hydrogen) atoms. The molecule has 0 spiro atoms. The van der Waals surface area contributed by atoms with Crippen LogP contribution in [0.1, 0.15) is 30.9 Å². The average molecular weight is 565 g/mol. The standard InChI is InChI=1S/C33H32N4O5/c1-20(2)21-5-7-22(8-6-21)36-28-11-9-23(15-25(28)26-16-24(38)10-12-30(26)39)37-33-27-17-31(41-4)32(42-14-13-40-3)18-29(27)34-19-35-33/h5-12,15-20,36H,13-14H2,1-4H3,(H,34,35,37). The minimum Gasteiger partial charge on any atom is -0.493 e. The van der Waals surface area contributed by atoms with Crippen molar-refractivity contribution in [1.29, 1.82) is 0 Å². The highest BCUT2D eigenvalue weighted by Crippen LogP contribution is 2.37. The van der Waals surface area contributed by atoms with Crippen molar-refractivity contribution >= 4 is 50.9 Å². The Bertz CT molecular complexity index is 1690. The number of allylic oxidation sites excluding steroid dienone is 4. The van der Waals surface area contributed by atoms with Gasteiger partial charge in [0.05, 0.1) is 19.2 Å². The number of hydrogen-bond acceptors (Lipinski definition) is 9. The number of nitrogens with zero attached hydrogens (tertiary/aromatic N) is 2. The van der Waals surface area contributed by atoms with Crippen LogP contribution in [0.5, 0.6) is 11.5 Å². The zero-order valence-corrected chi connectivity index (χ0v) is 23.9. The number of fused-ring (bicyclic) bond motifs is 1. The SMILES string of the molecule is COCCOc1cc2ncnc(Nc3ccc(Nc4ccc(C(C)C)cc4)c(C4=CC(=O)C=CC4=O)c3)c2cc1OC. The molecule has 0 radical (unpaired) electrons. The lowest BCUT2D eigenvalue weighted by Gasteiger charge is -2.18. The van der Waals surface area contributed by atoms with Gasteiger partial charge in [0, 0.05) is 46.8 Å². The maximum atomic E-state index is 12.9. The molecule has 2 N–H and O–H groups in total. The minimum atomic E-state index is -0.247. The van der Waals surface area contributed by atoms with Gasteiger partial charge in [-0.05, 0) is 66.1 Å². The summed E-state index contributed by atoms with van der Waals surface area (Å²) in [7, 11) is 3.18. The lowest BCUT2D eigenvalue weighted by molar-refractivity contribution is -0.113. The molecular formula is C33H32N4O5. The van der Waals surface area contributed by atoms with Crippen LogP contribution in [0.15, 0.2) is 79.2 Å². The number of nitrogens with one attached hydrogen (secondary N) is 2. The molecule has 1 aromatic heterocycles. The molecule has 0 saturated carbocycles. The topological polar surface area (TPSA) is 112 Å². The summed E-state index contributed by atoms with van der Waals surface area (Å²) >= 11 is 0. The first kappa shape index (κ1) is 28.5. The molecule has 0 bridgehead atoms. The highest BCUT2D eigenvalue weighted by atomic mass is 16.5. The van der Waals surface area contributed by atoms with E-state index in [2.05, 4.69) is 46.6 Å². The van der Waals surface area contributed by atoms with Gasteiger partial charge in [0.1, 0.15) is 18.8 Å². The van der Waals surface area contributed by atoms with Crippen LogP contribution in [0, 0.1) is 0 Å². The average Bonchev–Trinajstić information content (AvgIpc) is 2.99. The Morgan fingerprint density at radius 2 is 1.62 bits per heavy atom. The molecule has 5 rings (SSSR count). The van der Waals surface area contributed by atoms with E-state index in [4.69, 9.17) is 14.2 Å². The van der Waals surface area contributed by atoms with E-state index in [1.807, 2.05) is 36.4 Å². The Labute approximate surface area is 244 Å². The van der Waals surface area contributed by atoms with Crippen molar-refractivity contribution in [2.24, 2.45) is 0 Å². The highest BCUT2D eigenvalue weighted by Gasteiger charge is 2.20. The Morgan fingerprint density at radius 3 is 2.36 bits per heavy atom. The first-order valence-corrected chi connectivity index (χ1v) is 13.6. The molecule has 0 aliphatic heterocycles. The Kier molecular flexibility index (Phi) is 8.59. The van der Waals surface area contributed by atoms with Crippen molar-refractivity contribution in [1.82, 2.24) is 9.97 Å². The number of rotatable bonds is 11. The molecule has 0 atom stereocenters. The largest absolute Gasteiger partial charge is 0.493 e. The third kappa shape index (κ3) is 6.31. The molecule has 0 fully saturated rings. The fourth-order valence-electron chi connectivity index (χ4n) is 4.59. The number of anilines is 4. The number of ether oxygens (including phenoxy) is 3. The Balaban J connectivity index is 1.51. The van der Waals surface area contributed by atoms with Crippen LogP contribution in [0.2, 0.25) is 0 Å². The van der Waals surface area contributed by atoms with E-state index in [0.717, 1.165) is 5.69 Å². The highest BCUT2D eigenvalue weighted by molar-refractivity contribution is 6.34. The zero-order valence-electron chi connectivity index (χ0n) is 23.9. The maximum absolute atomic E-state index is 12.9. The normalized spacial score (nSPS) is 12.9. The van der Waals surface area contributed by atoms with Gasteiger partial charge in [-0.25, -0.2) is 9.97 Å². The number of methoxy groups -OCH3 is 2. The van der Waals surface area contributed by atoms with Gasteiger partial charge in [0.25, 0.3) is 0 Å². The van der Waals surface area contributed by atoms with Crippen LogP contribution in [0.25, 0.3) is 16.5 Å². The number of carbonyl (C=O) groups excluding carboxylic acids is 2. The summed E-state index contributed by atoms with van der Waals surface area (Å²) in [6.45, 7) is 5.09. The van der Waals surface area contributed by atoms with Gasteiger partial charge in [-0.1, -0.05) is 26.0 Å². The van der Waals surface area contributed by atoms with E-state index in [0.29, 0.717) is 69.9 Å². The van der Waals surface area contributed by atoms with Crippen molar-refractivity contribution in [3.63, 3.8) is 0 Å². The van der Waals surface area contributed by atoms with E-state index in [1.165, 1.54) is 30.1 Å². The lowest BCUT2D eigenvalue weighted by Crippen LogP contribution is -2.09. The minimum absolute atomic E-state index is 0.243. The van der Waals surface area contributed by atoms with Gasteiger partial charge in [0.2, 0.25) is 0 Å². The molecule has 9 heteroatoms. The summed E-state index contributed by atoms with van der Waals surface area (Å²) in [6, 6.07) is 17.3. The second-order valence-corrected chi connectivity index (χ2v) is 10.0. The number of ketones is 2. The van der Waals surface area contributed by atoms with Gasteiger partial charge in [-0.3, -0.25) is 9.59 Å². The summed E-state index contributed by atoms with van der Waals surface area (Å²) in [6.07, 6.45) is 5.41. The summed E-state index contributed by atoms with van der Waals surface area (Å²) in [5.41, 5.74) is 4.99. The van der Waals surface area contributed by atoms with Gasteiger partial charge < -0.3 is 24.8 Å². The molecule has 4 aromatic rings. The summed E-state index contributed by atoms with van der Waals surface area (Å²) in [5, 5.41) is 7.48. The Morgan fingerprint density at radius 1 is 0.833 bits per heavy atom. The lowest BCUT2D eigenvalue weighted by atomic mass is 9.94. The van der Waals surface area contributed by atoms with Crippen LogP contribution in [-0.2, 0) is 14.3 Å². The first-order chi connectivity index (χ1) is 20.4. The monoisotopic (exact) mass is 564 g/mol.